The molecule has 1 atom stereocenters. The standard InChI is InChI=1S/C14H24N4O2/c1-3-5-12-16-13(20-17-12)6-4-7-14(19)18-9-8-15-10-11(18)2/h11,15H,3-10H2,1-2H3. The lowest BCUT2D eigenvalue weighted by Crippen LogP contribution is -2.52. The highest BCUT2D eigenvalue weighted by Gasteiger charge is 2.22. The number of aromatic nitrogens is 2. The Kier molecular flexibility index (Phi) is 5.52. The highest BCUT2D eigenvalue weighted by molar-refractivity contribution is 5.76. The minimum Gasteiger partial charge on any atom is -0.339 e. The van der Waals surface area contributed by atoms with Gasteiger partial charge in [0.05, 0.1) is 0 Å². The Morgan fingerprint density at radius 3 is 3.10 bits per heavy atom. The first-order valence-corrected chi connectivity index (χ1v) is 7.52. The molecule has 2 heterocycles. The first kappa shape index (κ1) is 15.0. The van der Waals surface area contributed by atoms with Gasteiger partial charge in [-0.05, 0) is 19.8 Å². The number of aryl methyl sites for hydroxylation is 2. The monoisotopic (exact) mass is 280 g/mol. The number of rotatable bonds is 6. The van der Waals surface area contributed by atoms with E-state index in [1.807, 2.05) is 4.90 Å². The van der Waals surface area contributed by atoms with Crippen LogP contribution in [0.2, 0.25) is 0 Å². The Bertz CT molecular complexity index is 433. The number of carbonyl (C=O) groups excluding carboxylic acids is 1. The smallest absolute Gasteiger partial charge is 0.226 e. The lowest BCUT2D eigenvalue weighted by molar-refractivity contribution is -0.134. The van der Waals surface area contributed by atoms with Crippen molar-refractivity contribution in [3.8, 4) is 0 Å². The van der Waals surface area contributed by atoms with E-state index in [1.165, 1.54) is 0 Å². The molecule has 0 aromatic carbocycles. The number of hydrogen-bond acceptors (Lipinski definition) is 5. The van der Waals surface area contributed by atoms with Crippen molar-refractivity contribution >= 4 is 5.91 Å². The zero-order valence-electron chi connectivity index (χ0n) is 12.4. The van der Waals surface area contributed by atoms with E-state index in [2.05, 4.69) is 29.3 Å². The molecule has 1 aromatic heterocycles. The highest BCUT2D eigenvalue weighted by Crippen LogP contribution is 2.09. The molecular weight excluding hydrogens is 256 g/mol. The second kappa shape index (κ2) is 7.38. The molecule has 1 aliphatic rings. The van der Waals surface area contributed by atoms with Crippen LogP contribution in [0.25, 0.3) is 0 Å². The Morgan fingerprint density at radius 2 is 2.35 bits per heavy atom. The molecule has 0 bridgehead atoms. The molecule has 0 spiro atoms. The Morgan fingerprint density at radius 1 is 1.50 bits per heavy atom. The Hall–Kier alpha value is -1.43. The minimum atomic E-state index is 0.229. The fourth-order valence-electron chi connectivity index (χ4n) is 2.46. The zero-order valence-corrected chi connectivity index (χ0v) is 12.4. The summed E-state index contributed by atoms with van der Waals surface area (Å²) in [6.07, 6.45) is 3.86. The maximum Gasteiger partial charge on any atom is 0.226 e. The Labute approximate surface area is 119 Å². The fourth-order valence-corrected chi connectivity index (χ4v) is 2.46. The van der Waals surface area contributed by atoms with Crippen molar-refractivity contribution in [2.24, 2.45) is 0 Å². The summed E-state index contributed by atoms with van der Waals surface area (Å²) in [6.45, 7) is 6.75. The average molecular weight is 280 g/mol. The molecule has 6 nitrogen and oxygen atoms in total. The number of carbonyl (C=O) groups is 1. The molecule has 1 amide bonds. The van der Waals surface area contributed by atoms with Gasteiger partial charge in [-0.1, -0.05) is 12.1 Å². The van der Waals surface area contributed by atoms with Crippen molar-refractivity contribution in [1.29, 1.82) is 0 Å². The minimum absolute atomic E-state index is 0.229. The maximum absolute atomic E-state index is 12.1. The van der Waals surface area contributed by atoms with Crippen LogP contribution < -0.4 is 5.32 Å². The first-order valence-electron chi connectivity index (χ1n) is 7.52. The van der Waals surface area contributed by atoms with Gasteiger partial charge in [-0.3, -0.25) is 4.79 Å². The first-order chi connectivity index (χ1) is 9.70. The van der Waals surface area contributed by atoms with Crippen LogP contribution >= 0.6 is 0 Å². The molecule has 1 fully saturated rings. The second-order valence-electron chi connectivity index (χ2n) is 5.35. The summed E-state index contributed by atoms with van der Waals surface area (Å²) in [7, 11) is 0. The molecule has 1 saturated heterocycles. The van der Waals surface area contributed by atoms with Crippen molar-refractivity contribution in [2.75, 3.05) is 19.6 Å². The zero-order chi connectivity index (χ0) is 14.4. The summed E-state index contributed by atoms with van der Waals surface area (Å²) in [5, 5.41) is 7.20. The predicted octanol–water partition coefficient (Wildman–Crippen LogP) is 1.17. The van der Waals surface area contributed by atoms with Gasteiger partial charge in [0.25, 0.3) is 0 Å². The van der Waals surface area contributed by atoms with Crippen LogP contribution in [0, 0.1) is 0 Å². The molecule has 6 heteroatoms. The van der Waals surface area contributed by atoms with Crippen LogP contribution in [0.5, 0.6) is 0 Å². The van der Waals surface area contributed by atoms with Gasteiger partial charge >= 0.3 is 0 Å². The summed E-state index contributed by atoms with van der Waals surface area (Å²) in [6, 6.07) is 0.288. The number of nitrogens with zero attached hydrogens (tertiary/aromatic N) is 3. The van der Waals surface area contributed by atoms with E-state index >= 15 is 0 Å². The van der Waals surface area contributed by atoms with Gasteiger partial charge in [-0.15, -0.1) is 0 Å². The van der Waals surface area contributed by atoms with E-state index in [1.54, 1.807) is 0 Å². The quantitative estimate of drug-likeness (QED) is 0.847. The van der Waals surface area contributed by atoms with E-state index in [0.717, 1.165) is 44.7 Å². The topological polar surface area (TPSA) is 71.3 Å². The molecule has 112 valence electrons. The van der Waals surface area contributed by atoms with Crippen LogP contribution in [-0.4, -0.2) is 46.6 Å². The number of amides is 1. The number of nitrogens with one attached hydrogen (secondary N) is 1. The van der Waals surface area contributed by atoms with Gasteiger partial charge in [0.15, 0.2) is 5.82 Å². The van der Waals surface area contributed by atoms with Crippen molar-refractivity contribution in [3.05, 3.63) is 11.7 Å². The van der Waals surface area contributed by atoms with Crippen LogP contribution in [0.15, 0.2) is 4.52 Å². The third-order valence-electron chi connectivity index (χ3n) is 3.59. The lowest BCUT2D eigenvalue weighted by Gasteiger charge is -2.34. The van der Waals surface area contributed by atoms with Gasteiger partial charge < -0.3 is 14.7 Å². The normalized spacial score (nSPS) is 19.3. The van der Waals surface area contributed by atoms with Crippen molar-refractivity contribution in [3.63, 3.8) is 0 Å². The fraction of sp³-hybridized carbons (Fsp3) is 0.786. The maximum atomic E-state index is 12.1. The summed E-state index contributed by atoms with van der Waals surface area (Å²) < 4.78 is 5.17. The molecule has 0 radical (unpaired) electrons. The van der Waals surface area contributed by atoms with Crippen LogP contribution in [-0.2, 0) is 17.6 Å². The summed E-state index contributed by atoms with van der Waals surface area (Å²) in [5.74, 6) is 1.64. The molecule has 20 heavy (non-hydrogen) atoms. The molecule has 0 aliphatic carbocycles. The largest absolute Gasteiger partial charge is 0.339 e. The van der Waals surface area contributed by atoms with Crippen molar-refractivity contribution < 1.29 is 9.32 Å². The van der Waals surface area contributed by atoms with Crippen LogP contribution in [0.4, 0.5) is 0 Å². The number of piperazine rings is 1. The van der Waals surface area contributed by atoms with Gasteiger partial charge in [0, 0.05) is 44.9 Å². The van der Waals surface area contributed by atoms with E-state index in [-0.39, 0.29) is 11.9 Å². The predicted molar refractivity (Wildman–Crippen MR) is 75.3 cm³/mol. The Balaban J connectivity index is 1.72. The SMILES string of the molecule is CCCc1noc(CCCC(=O)N2CCNCC2C)n1. The molecular formula is C14H24N4O2. The lowest BCUT2D eigenvalue weighted by atomic mass is 10.1. The van der Waals surface area contributed by atoms with E-state index in [9.17, 15) is 4.79 Å². The third-order valence-corrected chi connectivity index (χ3v) is 3.59. The highest BCUT2D eigenvalue weighted by atomic mass is 16.5. The molecule has 2 rings (SSSR count). The van der Waals surface area contributed by atoms with Gasteiger partial charge in [0.1, 0.15) is 0 Å². The molecule has 1 N–H and O–H groups in total. The second-order valence-corrected chi connectivity index (χ2v) is 5.35. The molecule has 0 saturated carbocycles. The van der Waals surface area contributed by atoms with Crippen molar-refractivity contribution in [2.45, 2.75) is 52.0 Å². The average Bonchev–Trinajstić information content (AvgIpc) is 2.87. The van der Waals surface area contributed by atoms with E-state index in [0.29, 0.717) is 18.7 Å². The molecule has 1 aliphatic heterocycles. The third kappa shape index (κ3) is 4.03. The summed E-state index contributed by atoms with van der Waals surface area (Å²) >= 11 is 0. The molecule has 1 unspecified atom stereocenters. The van der Waals surface area contributed by atoms with Crippen LogP contribution in [0.3, 0.4) is 0 Å². The summed E-state index contributed by atoms with van der Waals surface area (Å²) in [5.41, 5.74) is 0. The van der Waals surface area contributed by atoms with Gasteiger partial charge in [-0.25, -0.2) is 0 Å². The van der Waals surface area contributed by atoms with E-state index in [4.69, 9.17) is 4.52 Å². The van der Waals surface area contributed by atoms with Crippen molar-refractivity contribution in [1.82, 2.24) is 20.4 Å². The summed E-state index contributed by atoms with van der Waals surface area (Å²) in [4.78, 5) is 18.4. The van der Waals surface area contributed by atoms with E-state index < -0.39 is 0 Å². The van der Waals surface area contributed by atoms with Crippen LogP contribution in [0.1, 0.15) is 44.8 Å². The molecule has 1 aromatic rings. The number of hydrogen-bond donors (Lipinski definition) is 1. The van der Waals surface area contributed by atoms with Gasteiger partial charge in [-0.2, -0.15) is 4.98 Å². The van der Waals surface area contributed by atoms with Gasteiger partial charge in [0.2, 0.25) is 11.8 Å².